The average Bonchev–Trinajstić information content (AvgIpc) is 3.18. The van der Waals surface area contributed by atoms with Gasteiger partial charge in [-0.1, -0.05) is 12.1 Å². The Morgan fingerprint density at radius 1 is 1.05 bits per heavy atom. The van der Waals surface area contributed by atoms with Crippen molar-refractivity contribution in [3.05, 3.63) is 63.3 Å². The first-order chi connectivity index (χ1) is 18.6. The van der Waals surface area contributed by atoms with Crippen molar-refractivity contribution in [2.24, 2.45) is 10.9 Å². The van der Waals surface area contributed by atoms with Crippen LogP contribution in [0.5, 0.6) is 11.8 Å². The molecule has 0 amide bonds. The first kappa shape index (κ1) is 30.0. The van der Waals surface area contributed by atoms with Gasteiger partial charge < -0.3 is 19.7 Å². The van der Waals surface area contributed by atoms with Crippen molar-refractivity contribution < 1.29 is 60.5 Å². The number of halogens is 6. The van der Waals surface area contributed by atoms with Crippen LogP contribution in [0.1, 0.15) is 18.4 Å². The van der Waals surface area contributed by atoms with E-state index in [0.717, 1.165) is 34.9 Å². The Labute approximate surface area is 220 Å². The number of nitro benzene ring substituents is 1. The molecule has 0 saturated heterocycles. The summed E-state index contributed by atoms with van der Waals surface area (Å²) in [5, 5.41) is 30.7. The predicted molar refractivity (Wildman–Crippen MR) is 121 cm³/mol. The normalized spacial score (nSPS) is 17.8. The van der Waals surface area contributed by atoms with Crippen LogP contribution in [0.15, 0.2) is 52.7 Å². The minimum Gasteiger partial charge on any atom is -0.494 e. The molecule has 0 aliphatic carbocycles. The number of hydrogen-bond acceptors (Lipinski definition) is 9. The molecule has 2 unspecified atom stereocenters. The molecule has 1 aliphatic rings. The van der Waals surface area contributed by atoms with E-state index in [2.05, 4.69) is 9.73 Å². The monoisotopic (exact) mass is 579 g/mol. The highest BCUT2D eigenvalue weighted by atomic mass is 19.4. The molecule has 0 saturated carbocycles. The SMILES string of the molecule is CCOC(=O)C1C(C(F)(F)F)=NC(C(F)(F)F)=C(C(=O)OCCn2c(O)ccc2O)C1c1cccc([N+](=O)[O-])c1. The highest BCUT2D eigenvalue weighted by molar-refractivity contribution is 6.10. The fourth-order valence-corrected chi connectivity index (χ4v) is 4.06. The second-order valence-corrected chi connectivity index (χ2v) is 8.15. The first-order valence-corrected chi connectivity index (χ1v) is 11.2. The van der Waals surface area contributed by atoms with Crippen molar-refractivity contribution in [2.75, 3.05) is 13.2 Å². The lowest BCUT2D eigenvalue weighted by molar-refractivity contribution is -0.384. The smallest absolute Gasteiger partial charge is 0.433 e. The molecule has 0 spiro atoms. The van der Waals surface area contributed by atoms with Crippen molar-refractivity contribution in [1.82, 2.24) is 4.57 Å². The Morgan fingerprint density at radius 3 is 2.20 bits per heavy atom. The van der Waals surface area contributed by atoms with Crippen molar-refractivity contribution in [3.8, 4) is 11.8 Å². The van der Waals surface area contributed by atoms with Gasteiger partial charge in [0.25, 0.3) is 5.69 Å². The van der Waals surface area contributed by atoms with Crippen LogP contribution in [0, 0.1) is 16.0 Å². The molecule has 2 atom stereocenters. The van der Waals surface area contributed by atoms with Crippen LogP contribution in [0.2, 0.25) is 0 Å². The molecule has 40 heavy (non-hydrogen) atoms. The molecule has 11 nitrogen and oxygen atoms in total. The Balaban J connectivity index is 2.24. The molecule has 0 bridgehead atoms. The van der Waals surface area contributed by atoms with E-state index < -0.39 is 101 Å². The van der Waals surface area contributed by atoms with E-state index in [1.165, 1.54) is 6.92 Å². The highest BCUT2D eigenvalue weighted by Gasteiger charge is 2.56. The Bertz CT molecular complexity index is 1360. The number of aliphatic imine (C=N–C) groups is 1. The summed E-state index contributed by atoms with van der Waals surface area (Å²) in [6, 6.07) is 5.47. The van der Waals surface area contributed by atoms with Crippen LogP contribution in [0.3, 0.4) is 0 Å². The summed E-state index contributed by atoms with van der Waals surface area (Å²) >= 11 is 0. The number of alkyl halides is 6. The molecule has 2 N–H and O–H groups in total. The lowest BCUT2D eigenvalue weighted by Gasteiger charge is -2.34. The van der Waals surface area contributed by atoms with E-state index in [-0.39, 0.29) is 0 Å². The van der Waals surface area contributed by atoms with Crippen LogP contribution in [0.4, 0.5) is 32.0 Å². The molecule has 0 fully saturated rings. The van der Waals surface area contributed by atoms with Gasteiger partial charge in [0.15, 0.2) is 17.5 Å². The van der Waals surface area contributed by atoms with Crippen molar-refractivity contribution in [3.63, 3.8) is 0 Å². The fourth-order valence-electron chi connectivity index (χ4n) is 4.06. The molecular formula is C23H19F6N3O8. The Morgan fingerprint density at radius 2 is 1.68 bits per heavy atom. The molecule has 17 heteroatoms. The number of benzene rings is 1. The molecule has 1 aromatic carbocycles. The number of esters is 2. The van der Waals surface area contributed by atoms with Gasteiger partial charge in [-0.25, -0.2) is 9.79 Å². The predicted octanol–water partition coefficient (Wildman–Crippen LogP) is 4.15. The lowest BCUT2D eigenvalue weighted by atomic mass is 9.74. The van der Waals surface area contributed by atoms with Gasteiger partial charge in [0, 0.05) is 30.2 Å². The quantitative estimate of drug-likeness (QED) is 0.205. The first-order valence-electron chi connectivity index (χ1n) is 11.2. The van der Waals surface area contributed by atoms with E-state index in [1.54, 1.807) is 0 Å². The van der Waals surface area contributed by atoms with Gasteiger partial charge in [0.2, 0.25) is 0 Å². The number of non-ortho nitro benzene ring substituents is 1. The number of aromatic hydroxyl groups is 2. The van der Waals surface area contributed by atoms with Crippen LogP contribution < -0.4 is 0 Å². The number of nitrogens with zero attached hydrogens (tertiary/aromatic N) is 3. The third-order valence-electron chi connectivity index (χ3n) is 5.67. The van der Waals surface area contributed by atoms with Crippen LogP contribution in [-0.4, -0.2) is 62.9 Å². The zero-order valence-electron chi connectivity index (χ0n) is 20.2. The number of allylic oxidation sites excluding steroid dienone is 1. The maximum Gasteiger partial charge on any atom is 0.433 e. The zero-order valence-corrected chi connectivity index (χ0v) is 20.2. The van der Waals surface area contributed by atoms with E-state index in [4.69, 9.17) is 4.74 Å². The van der Waals surface area contributed by atoms with Crippen molar-refractivity contribution in [2.45, 2.75) is 31.7 Å². The Hall–Kier alpha value is -4.57. The summed E-state index contributed by atoms with van der Waals surface area (Å²) in [6.07, 6.45) is -11.3. The summed E-state index contributed by atoms with van der Waals surface area (Å²) in [5.41, 5.74) is -7.46. The minimum atomic E-state index is -5.68. The van der Waals surface area contributed by atoms with E-state index >= 15 is 0 Å². The van der Waals surface area contributed by atoms with E-state index in [1.807, 2.05) is 0 Å². The second kappa shape index (κ2) is 11.3. The number of nitro groups is 1. The zero-order chi connectivity index (χ0) is 30.0. The van der Waals surface area contributed by atoms with Gasteiger partial charge in [0.1, 0.15) is 18.2 Å². The number of carbonyl (C=O) groups is 2. The van der Waals surface area contributed by atoms with Crippen molar-refractivity contribution in [1.29, 1.82) is 0 Å². The molecule has 1 aliphatic heterocycles. The standard InChI is InChI=1S/C23H19F6N3O8/c1-2-39-20(35)16-15(11-4-3-5-12(10-11)32(37)38)17(19(23(27,28)29)30-18(16)22(24,25)26)21(36)40-9-8-31-13(33)6-7-14(31)34/h3-7,10,15-16,33-34H,2,8-9H2,1H3. The number of rotatable bonds is 8. The van der Waals surface area contributed by atoms with Gasteiger partial charge in [-0.05, 0) is 12.5 Å². The largest absolute Gasteiger partial charge is 0.494 e. The summed E-state index contributed by atoms with van der Waals surface area (Å²) in [7, 11) is 0. The summed E-state index contributed by atoms with van der Waals surface area (Å²) < 4.78 is 94.7. The molecule has 0 radical (unpaired) electrons. The van der Waals surface area contributed by atoms with Gasteiger partial charge in [-0.2, -0.15) is 26.3 Å². The second-order valence-electron chi connectivity index (χ2n) is 8.15. The van der Waals surface area contributed by atoms with E-state index in [9.17, 15) is 56.3 Å². The molecule has 2 aromatic rings. The van der Waals surface area contributed by atoms with E-state index in [0.29, 0.717) is 6.07 Å². The van der Waals surface area contributed by atoms with Crippen LogP contribution in [-0.2, 0) is 25.6 Å². The molecular weight excluding hydrogens is 560 g/mol. The number of ether oxygens (including phenoxy) is 2. The lowest BCUT2D eigenvalue weighted by Crippen LogP contribution is -2.45. The minimum absolute atomic E-state index is 0.495. The molecule has 1 aromatic heterocycles. The van der Waals surface area contributed by atoms with Gasteiger partial charge in [-0.3, -0.25) is 19.5 Å². The topological polar surface area (TPSA) is 153 Å². The molecule has 3 rings (SSSR count). The number of aromatic nitrogens is 1. The van der Waals surface area contributed by atoms with Gasteiger partial charge in [-0.15, -0.1) is 0 Å². The highest BCUT2D eigenvalue weighted by Crippen LogP contribution is 2.47. The van der Waals surface area contributed by atoms with Gasteiger partial charge >= 0.3 is 24.3 Å². The summed E-state index contributed by atoms with van der Waals surface area (Å²) in [4.78, 5) is 38.8. The third-order valence-corrected chi connectivity index (χ3v) is 5.67. The number of hydrogen-bond donors (Lipinski definition) is 2. The molecule has 216 valence electrons. The summed E-state index contributed by atoms with van der Waals surface area (Å²) in [5.74, 6) is -9.65. The average molecular weight is 579 g/mol. The fraction of sp³-hybridized carbons (Fsp3) is 0.348. The summed E-state index contributed by atoms with van der Waals surface area (Å²) in [6.45, 7) is -0.580. The third kappa shape index (κ3) is 6.18. The van der Waals surface area contributed by atoms with Crippen molar-refractivity contribution >= 4 is 23.3 Å². The maximum absolute atomic E-state index is 14.1. The Kier molecular flexibility index (Phi) is 8.45. The van der Waals surface area contributed by atoms with Crippen LogP contribution >= 0.6 is 0 Å². The molecule has 2 heterocycles. The number of carbonyl (C=O) groups excluding carboxylic acids is 2. The maximum atomic E-state index is 14.1. The van der Waals surface area contributed by atoms with Crippen LogP contribution in [0.25, 0.3) is 0 Å². The van der Waals surface area contributed by atoms with Gasteiger partial charge in [0.05, 0.1) is 23.6 Å².